The second-order valence-corrected chi connectivity index (χ2v) is 12.7. The summed E-state index contributed by atoms with van der Waals surface area (Å²) >= 11 is 30.5. The largest absolute Gasteiger partial charge is 0 e. The second-order valence-electron chi connectivity index (χ2n) is 10.0. The molecular formula is C33H40BrCl4N2O3ReS2-. The van der Waals surface area contributed by atoms with Crippen molar-refractivity contribution in [3.63, 3.8) is 0 Å². The molecule has 1 radical (unpaired) electrons. The van der Waals surface area contributed by atoms with E-state index in [1.165, 1.54) is 33.6 Å². The van der Waals surface area contributed by atoms with Crippen molar-refractivity contribution in [2.75, 3.05) is 10.7 Å². The smallest absolute Gasteiger partial charge is 0 e. The molecule has 5 nitrogen and oxygen atoms in total. The van der Waals surface area contributed by atoms with Gasteiger partial charge in [-0.2, -0.15) is 9.13 Å². The van der Waals surface area contributed by atoms with E-state index < -0.39 is 0 Å². The van der Waals surface area contributed by atoms with Gasteiger partial charge in [-0.25, -0.2) is 0 Å². The molecule has 3 rings (SSSR count). The van der Waals surface area contributed by atoms with Gasteiger partial charge >= 0.3 is 33.9 Å². The van der Waals surface area contributed by atoms with E-state index in [4.69, 9.17) is 85.2 Å². The van der Waals surface area contributed by atoms with E-state index in [0.717, 1.165) is 5.82 Å². The fraction of sp³-hybridized carbons (Fsp3) is 0.424. The van der Waals surface area contributed by atoms with Crippen molar-refractivity contribution in [1.29, 1.82) is 0 Å². The standard InChI is InChI=1S/C28H36N2S2.2CH2Cl2.3CO.BrH.Re/c1-17(2)21-11-9-12-22(18(3)4)25(21)29-15-16-30(27(29)28(31)32)26-23(19(5)6)13-10-14-24(26)20(7)8;2*2-1-3;3*1-2;;/h9-20H,1-8H3;2*1H2;;;;1H;/p-1. The summed E-state index contributed by atoms with van der Waals surface area (Å²) in [5, 5.41) is 0.389. The minimum atomic E-state index is 0. The second kappa shape index (κ2) is 31.7. The third-order valence-corrected chi connectivity index (χ3v) is 6.54. The zero-order valence-electron chi connectivity index (χ0n) is 27.0. The minimum Gasteiger partial charge on any atom is 0 e. The van der Waals surface area contributed by atoms with Crippen molar-refractivity contribution in [3.8, 4) is 11.4 Å². The van der Waals surface area contributed by atoms with Gasteiger partial charge in [0.15, 0.2) is 0 Å². The predicted octanol–water partition coefficient (Wildman–Crippen LogP) is 7.20. The number of hydrogen-bond donors (Lipinski definition) is 0. The summed E-state index contributed by atoms with van der Waals surface area (Å²) in [6.45, 7) is 31.5. The van der Waals surface area contributed by atoms with E-state index in [2.05, 4.69) is 133 Å². The number of nitrogens with zero attached hydrogens (tertiary/aromatic N) is 2. The molecule has 0 aliphatic rings. The topological polar surface area (TPSA) is 68.5 Å². The third-order valence-electron chi connectivity index (χ3n) is 6.17. The first-order valence-electron chi connectivity index (χ1n) is 13.3. The van der Waals surface area contributed by atoms with Gasteiger partial charge in [0, 0.05) is 42.7 Å². The molecule has 0 aliphatic carbocycles. The zero-order valence-corrected chi connectivity index (χ0v) is 36.0. The Kier molecular flexibility index (Phi) is 37.9. The van der Waals surface area contributed by atoms with Gasteiger partial charge in [-0.15, -0.1) is 46.4 Å². The molecule has 0 aliphatic heterocycles. The number of thiocarbonyl (C=S) groups is 1. The summed E-state index contributed by atoms with van der Waals surface area (Å²) in [5.41, 5.74) is 7.68. The van der Waals surface area contributed by atoms with Crippen molar-refractivity contribution >= 4 is 75.4 Å². The number of para-hydroxylation sites is 2. The predicted molar refractivity (Wildman–Crippen MR) is 188 cm³/mol. The van der Waals surface area contributed by atoms with Crippen LogP contribution in [0, 0.1) is 20.0 Å². The van der Waals surface area contributed by atoms with Crippen molar-refractivity contribution in [2.24, 2.45) is 0 Å². The van der Waals surface area contributed by atoms with Gasteiger partial charge in [-0.3, -0.25) is 0 Å². The molecule has 0 N–H and O–H groups in total. The molecular weight excluding hydrogens is 944 g/mol. The number of halogens is 5. The Balaban J connectivity index is -0.000000354. The summed E-state index contributed by atoms with van der Waals surface area (Å²) in [4.78, 5) is 0. The van der Waals surface area contributed by atoms with Crippen LogP contribution in [0.25, 0.3) is 11.4 Å². The molecule has 3 aromatic rings. The monoisotopic (exact) mass is 982 g/mol. The molecule has 0 unspecified atom stereocenters. The first-order chi connectivity index (χ1) is 20.9. The summed E-state index contributed by atoms with van der Waals surface area (Å²) in [5.74, 6) is 2.45. The van der Waals surface area contributed by atoms with E-state index in [9.17, 15) is 0 Å². The van der Waals surface area contributed by atoms with Crippen molar-refractivity contribution < 1.29 is 55.9 Å². The van der Waals surface area contributed by atoms with Crippen LogP contribution in [0.3, 0.4) is 0 Å². The number of alkyl halides is 4. The number of aromatic nitrogens is 2. The fourth-order valence-electron chi connectivity index (χ4n) is 4.53. The van der Waals surface area contributed by atoms with E-state index in [-0.39, 0.29) is 48.1 Å². The first-order valence-corrected chi connectivity index (χ1v) is 16.3. The summed E-state index contributed by atoms with van der Waals surface area (Å²) in [7, 11) is 0. The van der Waals surface area contributed by atoms with Crippen molar-refractivity contribution in [1.82, 2.24) is 4.57 Å². The Morgan fingerprint density at radius 1 is 0.717 bits per heavy atom. The van der Waals surface area contributed by atoms with Gasteiger partial charge in [0.2, 0.25) is 0 Å². The van der Waals surface area contributed by atoms with E-state index in [1.807, 2.05) is 0 Å². The Labute approximate surface area is 331 Å². The molecule has 255 valence electrons. The Bertz CT molecular complexity index is 1180. The molecule has 0 atom stereocenters. The van der Waals surface area contributed by atoms with Crippen molar-refractivity contribution in [2.45, 2.75) is 79.1 Å². The number of hydrogen-bond acceptors (Lipinski definition) is 2. The van der Waals surface area contributed by atoms with Crippen LogP contribution >= 0.6 is 58.6 Å². The Morgan fingerprint density at radius 3 is 1.26 bits per heavy atom. The van der Waals surface area contributed by atoms with Gasteiger partial charge in [-0.1, -0.05) is 91.8 Å². The van der Waals surface area contributed by atoms with E-state index in [1.54, 1.807) is 0 Å². The maximum Gasteiger partial charge on any atom is 0 e. The molecule has 0 spiro atoms. The Hall–Kier alpha value is -0.518. The Morgan fingerprint density at radius 2 is 1.00 bits per heavy atom. The summed E-state index contributed by atoms with van der Waals surface area (Å²) in [6.07, 6.45) is 4.28. The number of benzene rings is 2. The van der Waals surface area contributed by atoms with Crippen LogP contribution in [-0.4, -0.2) is 19.4 Å². The normalized spacial score (nSPS) is 9.17. The molecule has 1 aromatic heterocycles. The van der Waals surface area contributed by atoms with Gasteiger partial charge < -0.3 is 41.8 Å². The maximum atomic E-state index is 7.50. The average molecular weight is 985 g/mol. The van der Waals surface area contributed by atoms with Gasteiger partial charge in [0.25, 0.3) is 5.82 Å². The van der Waals surface area contributed by atoms with Gasteiger partial charge in [0.05, 0.1) is 10.7 Å². The zero-order chi connectivity index (χ0) is 35.2. The third kappa shape index (κ3) is 16.7. The SMILES string of the molecule is CC(C)c1cccc(C(C)C)c1-n1cc[n+](-c2c(C(C)C)cccc2C(C)C)c1C(=S)[S-].ClCCl.ClCCl.[Br-].[C-]#[O+].[C-]#[O+].[C-]#[O+].[Re]. The number of rotatable bonds is 7. The molecule has 2 aromatic carbocycles. The average Bonchev–Trinajstić information content (AvgIpc) is 3.45. The molecule has 0 saturated heterocycles. The molecule has 0 bridgehead atoms. The molecule has 1 heterocycles. The summed E-state index contributed by atoms with van der Waals surface area (Å²) in [6, 6.07) is 13.3. The minimum absolute atomic E-state index is 0. The molecule has 0 saturated carbocycles. The van der Waals surface area contributed by atoms with Crippen LogP contribution in [0.1, 0.15) is 107 Å². The van der Waals surface area contributed by atoms with Crippen LogP contribution in [0.2, 0.25) is 0 Å². The molecule has 0 amide bonds. The van der Waals surface area contributed by atoms with Crippen molar-refractivity contribution in [3.05, 3.63) is 96.8 Å². The van der Waals surface area contributed by atoms with Gasteiger partial charge in [0.1, 0.15) is 23.8 Å². The van der Waals surface area contributed by atoms with E-state index in [0.29, 0.717) is 27.9 Å². The van der Waals surface area contributed by atoms with Crippen LogP contribution in [0.15, 0.2) is 48.8 Å². The summed E-state index contributed by atoms with van der Waals surface area (Å²) < 4.78 is 27.5. The van der Waals surface area contributed by atoms with E-state index >= 15 is 0 Å². The van der Waals surface area contributed by atoms with Crippen LogP contribution in [-0.2, 0) is 47.0 Å². The van der Waals surface area contributed by atoms with Crippen LogP contribution < -0.4 is 21.5 Å². The molecule has 13 heteroatoms. The van der Waals surface area contributed by atoms with Crippen LogP contribution in [0.5, 0.6) is 0 Å². The number of imidazole rings is 1. The maximum absolute atomic E-state index is 7.50. The molecule has 0 fully saturated rings. The fourth-order valence-corrected chi connectivity index (χ4v) is 4.92. The quantitative estimate of drug-likeness (QED) is 0.0629. The van der Waals surface area contributed by atoms with Gasteiger partial charge in [-0.05, 0) is 27.9 Å². The first kappa shape index (κ1) is 54.9. The molecule has 46 heavy (non-hydrogen) atoms. The van der Waals surface area contributed by atoms with Crippen LogP contribution in [0.4, 0.5) is 0 Å².